The number of carbonyl (C=O) groups is 3. The van der Waals surface area contributed by atoms with E-state index in [0.717, 1.165) is 0 Å². The normalized spacial score (nSPS) is 20.6. The van der Waals surface area contributed by atoms with Crippen molar-refractivity contribution in [3.63, 3.8) is 0 Å². The summed E-state index contributed by atoms with van der Waals surface area (Å²) >= 11 is 0. The molecule has 1 aliphatic heterocycles. The minimum Gasteiger partial charge on any atom is -0.480 e. The number of nitrogens with two attached hydrogens (primary N) is 1. The zero-order valence-corrected chi connectivity index (χ0v) is 16.7. The van der Waals surface area contributed by atoms with Crippen LogP contribution in [0, 0.1) is 0 Å². The van der Waals surface area contributed by atoms with Crippen LogP contribution >= 0.6 is 0 Å². The van der Waals surface area contributed by atoms with E-state index in [1.54, 1.807) is 14.7 Å². The highest BCUT2D eigenvalue weighted by Gasteiger charge is 2.19. The van der Waals surface area contributed by atoms with Gasteiger partial charge >= 0.3 is 17.9 Å². The van der Waals surface area contributed by atoms with Crippen molar-refractivity contribution in [1.82, 2.24) is 19.6 Å². The summed E-state index contributed by atoms with van der Waals surface area (Å²) in [6, 6.07) is 0. The summed E-state index contributed by atoms with van der Waals surface area (Å²) in [6.07, 6.45) is 0.326. The van der Waals surface area contributed by atoms with Gasteiger partial charge in [-0.15, -0.1) is 0 Å². The minimum absolute atomic E-state index is 0.0405. The van der Waals surface area contributed by atoms with Crippen LogP contribution in [-0.2, 0) is 14.4 Å². The van der Waals surface area contributed by atoms with Gasteiger partial charge in [0.2, 0.25) is 0 Å². The Hall–Kier alpha value is -2.45. The first kappa shape index (κ1) is 25.6. The number of β-amino-alcohol motifs (C(OH)–C–C–N with tert-alkyl or cyclic N) is 1. The highest BCUT2D eigenvalue weighted by atomic mass is 16.4. The molecule has 30 heavy (non-hydrogen) atoms. The Kier molecular flexibility index (Phi) is 11.1. The first-order valence-corrected chi connectivity index (χ1v) is 9.45. The van der Waals surface area contributed by atoms with Crippen molar-refractivity contribution < 1.29 is 39.9 Å². The van der Waals surface area contributed by atoms with Gasteiger partial charge in [0.15, 0.2) is 0 Å². The lowest BCUT2D eigenvalue weighted by Crippen LogP contribution is -2.47. The molecular weight excluding hydrogens is 402 g/mol. The maximum absolute atomic E-state index is 11.2. The summed E-state index contributed by atoms with van der Waals surface area (Å²) in [7, 11) is 0. The molecule has 0 saturated carbocycles. The van der Waals surface area contributed by atoms with Crippen molar-refractivity contribution in [2.45, 2.75) is 12.3 Å². The monoisotopic (exact) mass is 433 g/mol. The number of hydrogen-bond acceptors (Lipinski definition) is 10. The molecule has 172 valence electrons. The van der Waals surface area contributed by atoms with E-state index in [1.165, 1.54) is 17.3 Å². The molecule has 0 amide bonds. The van der Waals surface area contributed by atoms with E-state index < -0.39 is 30.2 Å². The molecule has 0 saturated heterocycles. The third-order valence-electron chi connectivity index (χ3n) is 4.50. The van der Waals surface area contributed by atoms with Gasteiger partial charge in [0.1, 0.15) is 18.9 Å². The van der Waals surface area contributed by atoms with Crippen LogP contribution in [0.5, 0.6) is 0 Å². The van der Waals surface area contributed by atoms with Gasteiger partial charge in [0, 0.05) is 58.2 Å². The average molecular weight is 433 g/mol. The van der Waals surface area contributed by atoms with E-state index in [9.17, 15) is 24.6 Å². The number of hydrogen-bond donors (Lipinski definition) is 6. The quantitative estimate of drug-likeness (QED) is 0.197. The molecule has 13 heteroatoms. The van der Waals surface area contributed by atoms with Crippen LogP contribution in [0.25, 0.3) is 0 Å². The second-order valence-corrected chi connectivity index (χ2v) is 7.06. The first-order valence-electron chi connectivity index (χ1n) is 9.45. The van der Waals surface area contributed by atoms with Gasteiger partial charge < -0.3 is 41.1 Å². The maximum Gasteiger partial charge on any atom is 0.323 e. The predicted molar refractivity (Wildman–Crippen MR) is 104 cm³/mol. The fourth-order valence-corrected chi connectivity index (χ4v) is 2.89. The van der Waals surface area contributed by atoms with E-state index in [1.807, 2.05) is 0 Å². The second kappa shape index (κ2) is 13.0. The third kappa shape index (κ3) is 10.9. The summed E-state index contributed by atoms with van der Waals surface area (Å²) in [6.45, 7) is 0.771. The zero-order valence-electron chi connectivity index (χ0n) is 16.7. The number of rotatable bonds is 9. The standard InChI is InChI=1S/C17H31N5O8/c18-17(30)13(23)9-19-1-3-20(10-14(24)25)5-7-22(12-16(28)29)8-6-21(4-2-19)11-15(26)27/h1,3,13,17,23,30H,2,4-12,18H2,(H,24,25)(H,26,27)(H,28,29)/b3-1-. The number of carboxylic acids is 3. The van der Waals surface area contributed by atoms with Gasteiger partial charge in [0.25, 0.3) is 0 Å². The second-order valence-electron chi connectivity index (χ2n) is 7.06. The molecule has 0 bridgehead atoms. The Balaban J connectivity index is 3.04. The molecule has 0 fully saturated rings. The molecule has 0 radical (unpaired) electrons. The molecule has 1 heterocycles. The number of aliphatic carboxylic acids is 3. The number of aliphatic hydroxyl groups is 2. The van der Waals surface area contributed by atoms with E-state index in [2.05, 4.69) is 0 Å². The van der Waals surface area contributed by atoms with Gasteiger partial charge in [0.05, 0.1) is 13.1 Å². The number of aliphatic hydroxyl groups excluding tert-OH is 2. The van der Waals surface area contributed by atoms with Crippen molar-refractivity contribution >= 4 is 17.9 Å². The highest BCUT2D eigenvalue weighted by molar-refractivity contribution is 5.70. The molecule has 0 spiro atoms. The molecule has 1 aliphatic rings. The molecule has 7 N–H and O–H groups in total. The molecule has 0 aliphatic carbocycles. The summed E-state index contributed by atoms with van der Waals surface area (Å²) in [5, 5.41) is 46.6. The summed E-state index contributed by atoms with van der Waals surface area (Å²) in [5.74, 6) is -3.13. The van der Waals surface area contributed by atoms with E-state index in [-0.39, 0.29) is 65.4 Å². The largest absolute Gasteiger partial charge is 0.480 e. The molecule has 13 nitrogen and oxygen atoms in total. The number of carboxylic acid groups (broad SMARTS) is 3. The van der Waals surface area contributed by atoms with Gasteiger partial charge in [-0.3, -0.25) is 24.2 Å². The predicted octanol–water partition coefficient (Wildman–Crippen LogP) is -3.43. The Morgan fingerprint density at radius 2 is 1.13 bits per heavy atom. The molecule has 2 atom stereocenters. The fraction of sp³-hybridized carbons (Fsp3) is 0.706. The Labute approximate surface area is 174 Å². The number of nitrogens with zero attached hydrogens (tertiary/aromatic N) is 4. The Morgan fingerprint density at radius 3 is 1.57 bits per heavy atom. The lowest BCUT2D eigenvalue weighted by molar-refractivity contribution is -0.140. The van der Waals surface area contributed by atoms with Crippen LogP contribution in [0.1, 0.15) is 0 Å². The smallest absolute Gasteiger partial charge is 0.323 e. The van der Waals surface area contributed by atoms with Crippen molar-refractivity contribution in [1.29, 1.82) is 0 Å². The van der Waals surface area contributed by atoms with Crippen LogP contribution in [0.2, 0.25) is 0 Å². The van der Waals surface area contributed by atoms with E-state index in [0.29, 0.717) is 0 Å². The molecule has 1 rings (SSSR count). The van der Waals surface area contributed by atoms with Crippen LogP contribution in [0.15, 0.2) is 12.4 Å². The Morgan fingerprint density at radius 1 is 0.733 bits per heavy atom. The van der Waals surface area contributed by atoms with Gasteiger partial charge in [-0.25, -0.2) is 0 Å². The van der Waals surface area contributed by atoms with Crippen LogP contribution in [-0.4, -0.2) is 141 Å². The van der Waals surface area contributed by atoms with Gasteiger partial charge in [-0.05, 0) is 0 Å². The van der Waals surface area contributed by atoms with Crippen LogP contribution < -0.4 is 5.73 Å². The average Bonchev–Trinajstić information content (AvgIpc) is 2.62. The van der Waals surface area contributed by atoms with E-state index >= 15 is 0 Å². The van der Waals surface area contributed by atoms with Crippen molar-refractivity contribution in [3.8, 4) is 0 Å². The molecule has 0 aromatic heterocycles. The maximum atomic E-state index is 11.2. The summed E-state index contributed by atoms with van der Waals surface area (Å²) in [4.78, 5) is 39.8. The minimum atomic E-state index is -1.46. The van der Waals surface area contributed by atoms with Crippen molar-refractivity contribution in [3.05, 3.63) is 12.4 Å². The highest BCUT2D eigenvalue weighted by Crippen LogP contribution is 2.03. The topological polar surface area (TPSA) is 191 Å². The molecular formula is C17H31N5O8. The molecule has 0 aromatic carbocycles. The van der Waals surface area contributed by atoms with Crippen LogP contribution in [0.4, 0.5) is 0 Å². The third-order valence-corrected chi connectivity index (χ3v) is 4.50. The van der Waals surface area contributed by atoms with E-state index in [4.69, 9.17) is 21.1 Å². The van der Waals surface area contributed by atoms with Crippen LogP contribution in [0.3, 0.4) is 0 Å². The molecule has 2 unspecified atom stereocenters. The summed E-state index contributed by atoms with van der Waals surface area (Å²) < 4.78 is 0. The fourth-order valence-electron chi connectivity index (χ4n) is 2.89. The molecule has 0 aromatic rings. The SMILES string of the molecule is NC(O)C(O)CN1/C=C\N(CC(=O)O)CCN(CC(=O)O)CCN(CC(=O)O)CC1. The lowest BCUT2D eigenvalue weighted by Gasteiger charge is -2.32. The zero-order chi connectivity index (χ0) is 22.7. The Bertz CT molecular complexity index is 603. The van der Waals surface area contributed by atoms with Gasteiger partial charge in [-0.2, -0.15) is 0 Å². The van der Waals surface area contributed by atoms with Crippen molar-refractivity contribution in [2.24, 2.45) is 5.73 Å². The van der Waals surface area contributed by atoms with Gasteiger partial charge in [-0.1, -0.05) is 0 Å². The lowest BCUT2D eigenvalue weighted by atomic mass is 10.3. The first-order chi connectivity index (χ1) is 14.1. The summed E-state index contributed by atoms with van der Waals surface area (Å²) in [5.41, 5.74) is 5.29. The van der Waals surface area contributed by atoms with Crippen molar-refractivity contribution in [2.75, 3.05) is 65.4 Å².